The molecule has 2 aliphatic rings. The number of hydrogen-bond donors (Lipinski definition) is 0. The standard InChI is InChI=1S/C24H34N4O3S/c1-18(2)32(30)27-15-13-26(14-16-27)22-17-25-28(21-11-5-4-6-12-21)24(29)23(22)31-19(3)20-9-7-8-10-20/h4-6,11-12,17-20H,7-10,13-16H2,1-3H3. The summed E-state index contributed by atoms with van der Waals surface area (Å²) >= 11 is -0.985. The molecule has 2 atom stereocenters. The molecule has 7 nitrogen and oxygen atoms in total. The van der Waals surface area contributed by atoms with E-state index in [0.29, 0.717) is 37.8 Å². The van der Waals surface area contributed by atoms with Crippen molar-refractivity contribution in [2.75, 3.05) is 31.1 Å². The van der Waals surface area contributed by atoms with Crippen molar-refractivity contribution in [2.24, 2.45) is 5.92 Å². The summed E-state index contributed by atoms with van der Waals surface area (Å²) in [4.78, 5) is 15.7. The summed E-state index contributed by atoms with van der Waals surface area (Å²) in [7, 11) is 0. The molecule has 1 saturated heterocycles. The molecule has 2 heterocycles. The predicted octanol–water partition coefficient (Wildman–Crippen LogP) is 3.38. The molecule has 0 spiro atoms. The van der Waals surface area contributed by atoms with E-state index in [0.717, 1.165) is 24.2 Å². The highest BCUT2D eigenvalue weighted by Gasteiger charge is 2.31. The van der Waals surface area contributed by atoms with E-state index in [9.17, 15) is 9.35 Å². The molecule has 1 aromatic heterocycles. The van der Waals surface area contributed by atoms with Crippen molar-refractivity contribution in [3.63, 3.8) is 0 Å². The zero-order valence-electron chi connectivity index (χ0n) is 19.3. The fourth-order valence-electron chi connectivity index (χ4n) is 4.63. The van der Waals surface area contributed by atoms with Crippen LogP contribution in [0.3, 0.4) is 0 Å². The highest BCUT2D eigenvalue weighted by molar-refractivity contribution is 7.89. The van der Waals surface area contributed by atoms with Gasteiger partial charge in [-0.25, -0.2) is 0 Å². The van der Waals surface area contributed by atoms with Crippen LogP contribution in [0.4, 0.5) is 5.69 Å². The van der Waals surface area contributed by atoms with E-state index in [1.807, 2.05) is 48.5 Å². The zero-order chi connectivity index (χ0) is 22.7. The molecule has 1 aliphatic carbocycles. The lowest BCUT2D eigenvalue weighted by Crippen LogP contribution is -2.50. The van der Waals surface area contributed by atoms with Crippen LogP contribution in [0.1, 0.15) is 46.5 Å². The van der Waals surface area contributed by atoms with Gasteiger partial charge in [-0.2, -0.15) is 9.78 Å². The summed E-state index contributed by atoms with van der Waals surface area (Å²) < 4.78 is 22.3. The molecule has 1 aromatic carbocycles. The minimum atomic E-state index is -0.985. The maximum Gasteiger partial charge on any atom is 0.316 e. The second-order valence-corrected chi connectivity index (χ2v) is 11.0. The van der Waals surface area contributed by atoms with E-state index in [1.54, 1.807) is 6.20 Å². The Hall–Kier alpha value is -2.03. The Labute approximate surface area is 193 Å². The van der Waals surface area contributed by atoms with Crippen molar-refractivity contribution >= 4 is 17.0 Å². The number of piperazine rings is 1. The SMILES string of the molecule is CC(Oc1c(N2CCN([S+]([O-])C(C)C)CC2)cnn(-c2ccccc2)c1=O)C1CCCC1. The third-order valence-electron chi connectivity index (χ3n) is 6.52. The Kier molecular flexibility index (Phi) is 7.43. The number of nitrogens with zero attached hydrogens (tertiary/aromatic N) is 4. The average Bonchev–Trinajstić information content (AvgIpc) is 3.36. The first-order chi connectivity index (χ1) is 15.5. The Bertz CT molecular complexity index is 938. The molecule has 4 rings (SSSR count). The van der Waals surface area contributed by atoms with E-state index >= 15 is 0 Å². The Morgan fingerprint density at radius 2 is 1.72 bits per heavy atom. The number of anilines is 1. The van der Waals surface area contributed by atoms with Crippen molar-refractivity contribution in [1.82, 2.24) is 14.1 Å². The van der Waals surface area contributed by atoms with Crippen molar-refractivity contribution in [3.05, 3.63) is 46.9 Å². The smallest absolute Gasteiger partial charge is 0.316 e. The number of aromatic nitrogens is 2. The minimum absolute atomic E-state index is 0.0229. The average molecular weight is 459 g/mol. The molecule has 2 fully saturated rings. The van der Waals surface area contributed by atoms with Crippen LogP contribution in [0.15, 0.2) is 41.3 Å². The van der Waals surface area contributed by atoms with Crippen LogP contribution in [-0.2, 0) is 11.4 Å². The largest absolute Gasteiger partial charge is 0.598 e. The number of benzene rings is 1. The highest BCUT2D eigenvalue weighted by atomic mass is 32.2. The van der Waals surface area contributed by atoms with Crippen molar-refractivity contribution in [2.45, 2.75) is 57.8 Å². The molecule has 0 radical (unpaired) electrons. The van der Waals surface area contributed by atoms with Gasteiger partial charge in [-0.15, -0.1) is 4.31 Å². The van der Waals surface area contributed by atoms with Crippen LogP contribution in [0.2, 0.25) is 0 Å². The molecule has 2 unspecified atom stereocenters. The summed E-state index contributed by atoms with van der Waals surface area (Å²) in [6.07, 6.45) is 6.48. The van der Waals surface area contributed by atoms with Crippen molar-refractivity contribution in [1.29, 1.82) is 0 Å². The predicted molar refractivity (Wildman–Crippen MR) is 129 cm³/mol. The molecular formula is C24H34N4O3S. The second kappa shape index (κ2) is 10.3. The lowest BCUT2D eigenvalue weighted by atomic mass is 10.0. The number of ether oxygens (including phenoxy) is 1. The van der Waals surface area contributed by atoms with Gasteiger partial charge in [-0.3, -0.25) is 4.79 Å². The first-order valence-electron chi connectivity index (χ1n) is 11.7. The first kappa shape index (κ1) is 23.1. The monoisotopic (exact) mass is 458 g/mol. The minimum Gasteiger partial charge on any atom is -0.598 e. The van der Waals surface area contributed by atoms with Gasteiger partial charge in [0.1, 0.15) is 10.9 Å². The van der Waals surface area contributed by atoms with Gasteiger partial charge in [0.15, 0.2) is 0 Å². The molecule has 1 aliphatic heterocycles. The maximum atomic E-state index is 13.5. The summed E-state index contributed by atoms with van der Waals surface area (Å²) in [6, 6.07) is 9.46. The van der Waals surface area contributed by atoms with Crippen molar-refractivity contribution < 1.29 is 9.29 Å². The third-order valence-corrected chi connectivity index (χ3v) is 8.20. The summed E-state index contributed by atoms with van der Waals surface area (Å²) in [5.41, 5.74) is 1.23. The van der Waals surface area contributed by atoms with Gasteiger partial charge in [-0.05, 0) is 51.7 Å². The Morgan fingerprint density at radius 1 is 1.06 bits per heavy atom. The third kappa shape index (κ3) is 4.97. The lowest BCUT2D eigenvalue weighted by Gasteiger charge is -2.37. The van der Waals surface area contributed by atoms with E-state index in [-0.39, 0.29) is 16.9 Å². The topological polar surface area (TPSA) is 73.7 Å². The molecule has 0 bridgehead atoms. The molecule has 0 amide bonds. The van der Waals surface area contributed by atoms with Gasteiger partial charge in [0.2, 0.25) is 5.75 Å². The Morgan fingerprint density at radius 3 is 2.34 bits per heavy atom. The molecule has 0 N–H and O–H groups in total. The fraction of sp³-hybridized carbons (Fsp3) is 0.583. The zero-order valence-corrected chi connectivity index (χ0v) is 20.1. The summed E-state index contributed by atoms with van der Waals surface area (Å²) in [5, 5.41) is 4.58. The second-order valence-electron chi connectivity index (χ2n) is 9.02. The summed E-state index contributed by atoms with van der Waals surface area (Å²) in [6.45, 7) is 8.77. The highest BCUT2D eigenvalue weighted by Crippen LogP contribution is 2.32. The van der Waals surface area contributed by atoms with Crippen LogP contribution < -0.4 is 15.2 Å². The molecule has 1 saturated carbocycles. The quantitative estimate of drug-likeness (QED) is 0.592. The van der Waals surface area contributed by atoms with Gasteiger partial charge in [-0.1, -0.05) is 31.0 Å². The number of rotatable bonds is 7. The van der Waals surface area contributed by atoms with Gasteiger partial charge in [0.25, 0.3) is 0 Å². The number of para-hydroxylation sites is 1. The fourth-order valence-corrected chi connectivity index (χ4v) is 5.75. The lowest BCUT2D eigenvalue weighted by molar-refractivity contribution is 0.151. The first-order valence-corrected chi connectivity index (χ1v) is 12.9. The van der Waals surface area contributed by atoms with Gasteiger partial charge >= 0.3 is 5.56 Å². The van der Waals surface area contributed by atoms with Crippen LogP contribution in [0, 0.1) is 5.92 Å². The van der Waals surface area contributed by atoms with Crippen molar-refractivity contribution in [3.8, 4) is 11.4 Å². The normalized spacial score (nSPS) is 20.0. The molecule has 8 heteroatoms. The van der Waals surface area contributed by atoms with Crippen LogP contribution in [0.25, 0.3) is 5.69 Å². The Balaban J connectivity index is 1.62. The van der Waals surface area contributed by atoms with Gasteiger partial charge < -0.3 is 14.2 Å². The molecule has 2 aromatic rings. The van der Waals surface area contributed by atoms with Gasteiger partial charge in [0.05, 0.1) is 31.1 Å². The van der Waals surface area contributed by atoms with Crippen LogP contribution >= 0.6 is 0 Å². The molecular weight excluding hydrogens is 424 g/mol. The summed E-state index contributed by atoms with van der Waals surface area (Å²) in [5.74, 6) is 0.854. The van der Waals surface area contributed by atoms with E-state index in [2.05, 4.69) is 16.9 Å². The maximum absolute atomic E-state index is 13.5. The van der Waals surface area contributed by atoms with E-state index < -0.39 is 11.4 Å². The van der Waals surface area contributed by atoms with Crippen LogP contribution in [0.5, 0.6) is 5.75 Å². The number of hydrogen-bond acceptors (Lipinski definition) is 6. The molecule has 32 heavy (non-hydrogen) atoms. The van der Waals surface area contributed by atoms with Crippen LogP contribution in [-0.4, -0.2) is 56.2 Å². The van der Waals surface area contributed by atoms with E-state index in [1.165, 1.54) is 17.5 Å². The van der Waals surface area contributed by atoms with E-state index in [4.69, 9.17) is 4.74 Å². The molecule has 174 valence electrons. The van der Waals surface area contributed by atoms with Gasteiger partial charge in [0, 0.05) is 24.5 Å².